The Bertz CT molecular complexity index is 732. The molecule has 7 heteroatoms. The fraction of sp³-hybridized carbons (Fsp3) is 0.176. The van der Waals surface area contributed by atoms with Crippen molar-refractivity contribution in [2.45, 2.75) is 6.92 Å². The first-order chi connectivity index (χ1) is 11.6. The predicted octanol–water partition coefficient (Wildman–Crippen LogP) is 1.20. The van der Waals surface area contributed by atoms with Gasteiger partial charge in [-0.1, -0.05) is 6.07 Å². The van der Waals surface area contributed by atoms with Crippen molar-refractivity contribution in [2.75, 3.05) is 18.4 Å². The number of hydrogen-bond acceptors (Lipinski definition) is 4. The number of amides is 3. The highest BCUT2D eigenvalue weighted by molar-refractivity contribution is 5.97. The van der Waals surface area contributed by atoms with E-state index in [9.17, 15) is 14.4 Å². The largest absolute Gasteiger partial charge is 0.350 e. The number of pyridine rings is 1. The summed E-state index contributed by atoms with van der Waals surface area (Å²) in [7, 11) is 0. The lowest BCUT2D eigenvalue weighted by atomic mass is 10.2. The summed E-state index contributed by atoms with van der Waals surface area (Å²) in [5.74, 6) is -0.728. The molecule has 7 nitrogen and oxygen atoms in total. The molecule has 2 rings (SSSR count). The number of aromatic nitrogens is 1. The zero-order valence-electron chi connectivity index (χ0n) is 13.2. The van der Waals surface area contributed by atoms with Crippen LogP contribution in [-0.2, 0) is 4.79 Å². The standard InChI is InChI=1S/C17H18N4O3/c1-12(22)21-15-6-2-4-13(10-15)16(23)19-8-9-20-17(24)14-5-3-7-18-11-14/h2-7,10-11H,8-9H2,1H3,(H,19,23)(H,20,24)(H,21,22). The highest BCUT2D eigenvalue weighted by Gasteiger charge is 2.07. The fourth-order valence-electron chi connectivity index (χ4n) is 1.99. The Kier molecular flexibility index (Phi) is 6.01. The van der Waals surface area contributed by atoms with Crippen LogP contribution in [0.25, 0.3) is 0 Å². The summed E-state index contributed by atoms with van der Waals surface area (Å²) in [5, 5.41) is 8.02. The summed E-state index contributed by atoms with van der Waals surface area (Å²) in [6.45, 7) is 1.98. The van der Waals surface area contributed by atoms with Gasteiger partial charge in [-0.3, -0.25) is 19.4 Å². The Balaban J connectivity index is 1.79. The molecule has 0 saturated carbocycles. The van der Waals surface area contributed by atoms with Crippen molar-refractivity contribution in [3.05, 3.63) is 59.9 Å². The number of hydrogen-bond donors (Lipinski definition) is 3. The summed E-state index contributed by atoms with van der Waals surface area (Å²) < 4.78 is 0. The third kappa shape index (κ3) is 5.20. The normalized spacial score (nSPS) is 9.88. The van der Waals surface area contributed by atoms with Crippen molar-refractivity contribution < 1.29 is 14.4 Å². The number of anilines is 1. The van der Waals surface area contributed by atoms with Crippen LogP contribution in [0.15, 0.2) is 48.8 Å². The van der Waals surface area contributed by atoms with E-state index in [1.807, 2.05) is 0 Å². The topological polar surface area (TPSA) is 100 Å². The Labute approximate surface area is 139 Å². The molecule has 1 aromatic heterocycles. The van der Waals surface area contributed by atoms with Crippen molar-refractivity contribution in [3.63, 3.8) is 0 Å². The number of carbonyl (C=O) groups is 3. The summed E-state index contributed by atoms with van der Waals surface area (Å²) in [6, 6.07) is 9.96. The molecular weight excluding hydrogens is 308 g/mol. The number of carbonyl (C=O) groups excluding carboxylic acids is 3. The van der Waals surface area contributed by atoms with Gasteiger partial charge in [0, 0.05) is 43.7 Å². The van der Waals surface area contributed by atoms with Crippen LogP contribution in [0.1, 0.15) is 27.6 Å². The van der Waals surface area contributed by atoms with Crippen LogP contribution in [-0.4, -0.2) is 35.8 Å². The fourth-order valence-corrected chi connectivity index (χ4v) is 1.99. The van der Waals surface area contributed by atoms with E-state index >= 15 is 0 Å². The van der Waals surface area contributed by atoms with Crippen molar-refractivity contribution in [1.29, 1.82) is 0 Å². The van der Waals surface area contributed by atoms with E-state index in [0.29, 0.717) is 23.4 Å². The molecule has 24 heavy (non-hydrogen) atoms. The van der Waals surface area contributed by atoms with E-state index < -0.39 is 0 Å². The zero-order valence-corrected chi connectivity index (χ0v) is 13.2. The Morgan fingerprint density at radius 2 is 1.62 bits per heavy atom. The molecule has 3 N–H and O–H groups in total. The smallest absolute Gasteiger partial charge is 0.252 e. The third-order valence-electron chi connectivity index (χ3n) is 3.06. The van der Waals surface area contributed by atoms with Gasteiger partial charge in [-0.2, -0.15) is 0 Å². The van der Waals surface area contributed by atoms with Crippen molar-refractivity contribution in [3.8, 4) is 0 Å². The first-order valence-electron chi connectivity index (χ1n) is 7.40. The second-order valence-corrected chi connectivity index (χ2v) is 5.02. The minimum atomic E-state index is -0.280. The van der Waals surface area contributed by atoms with Crippen molar-refractivity contribution in [2.24, 2.45) is 0 Å². The van der Waals surface area contributed by atoms with Crippen LogP contribution < -0.4 is 16.0 Å². The maximum absolute atomic E-state index is 12.1. The van der Waals surface area contributed by atoms with Crippen LogP contribution in [0.3, 0.4) is 0 Å². The zero-order chi connectivity index (χ0) is 17.4. The van der Waals surface area contributed by atoms with E-state index in [-0.39, 0.29) is 24.3 Å². The van der Waals surface area contributed by atoms with E-state index in [2.05, 4.69) is 20.9 Å². The van der Waals surface area contributed by atoms with Gasteiger partial charge in [-0.15, -0.1) is 0 Å². The van der Waals surface area contributed by atoms with Gasteiger partial charge in [0.25, 0.3) is 11.8 Å². The van der Waals surface area contributed by atoms with E-state index in [0.717, 1.165) is 0 Å². The molecule has 1 heterocycles. The Morgan fingerprint density at radius 3 is 2.25 bits per heavy atom. The predicted molar refractivity (Wildman–Crippen MR) is 89.6 cm³/mol. The number of rotatable bonds is 6. The lowest BCUT2D eigenvalue weighted by Crippen LogP contribution is -2.34. The highest BCUT2D eigenvalue weighted by atomic mass is 16.2. The summed E-state index contributed by atoms with van der Waals surface area (Å²) in [4.78, 5) is 38.8. The molecule has 0 spiro atoms. The summed E-state index contributed by atoms with van der Waals surface area (Å²) in [5.41, 5.74) is 1.45. The molecule has 3 amide bonds. The second-order valence-electron chi connectivity index (χ2n) is 5.02. The van der Waals surface area contributed by atoms with Crippen LogP contribution in [0.2, 0.25) is 0 Å². The van der Waals surface area contributed by atoms with Crippen LogP contribution >= 0.6 is 0 Å². The number of nitrogens with zero attached hydrogens (tertiary/aromatic N) is 1. The van der Waals surface area contributed by atoms with Crippen molar-refractivity contribution >= 4 is 23.4 Å². The molecule has 2 aromatic rings. The molecule has 1 aromatic carbocycles. The minimum absolute atomic E-state index is 0.203. The maximum atomic E-state index is 12.1. The minimum Gasteiger partial charge on any atom is -0.350 e. The quantitative estimate of drug-likeness (QED) is 0.694. The molecule has 0 bridgehead atoms. The van der Waals surface area contributed by atoms with E-state index in [1.165, 1.54) is 13.1 Å². The summed E-state index contributed by atoms with van der Waals surface area (Å²) >= 11 is 0. The molecule has 0 unspecified atom stereocenters. The Morgan fingerprint density at radius 1 is 0.958 bits per heavy atom. The van der Waals surface area contributed by atoms with Gasteiger partial charge in [-0.05, 0) is 30.3 Å². The molecule has 0 saturated heterocycles. The van der Waals surface area contributed by atoms with Gasteiger partial charge >= 0.3 is 0 Å². The van der Waals surface area contributed by atoms with Crippen LogP contribution in [0.5, 0.6) is 0 Å². The van der Waals surface area contributed by atoms with Crippen LogP contribution in [0, 0.1) is 0 Å². The highest BCUT2D eigenvalue weighted by Crippen LogP contribution is 2.10. The van der Waals surface area contributed by atoms with Gasteiger partial charge in [0.2, 0.25) is 5.91 Å². The van der Waals surface area contributed by atoms with Gasteiger partial charge in [0.05, 0.1) is 5.56 Å². The second kappa shape index (κ2) is 8.42. The number of nitrogens with one attached hydrogen (secondary N) is 3. The monoisotopic (exact) mass is 326 g/mol. The maximum Gasteiger partial charge on any atom is 0.252 e. The summed E-state index contributed by atoms with van der Waals surface area (Å²) in [6.07, 6.45) is 3.06. The number of benzene rings is 1. The first-order valence-corrected chi connectivity index (χ1v) is 7.40. The van der Waals surface area contributed by atoms with E-state index in [1.54, 1.807) is 42.6 Å². The SMILES string of the molecule is CC(=O)Nc1cccc(C(=O)NCCNC(=O)c2cccnc2)c1. The molecule has 0 atom stereocenters. The third-order valence-corrected chi connectivity index (χ3v) is 3.06. The van der Waals surface area contributed by atoms with Gasteiger partial charge < -0.3 is 16.0 Å². The van der Waals surface area contributed by atoms with Crippen LogP contribution in [0.4, 0.5) is 5.69 Å². The molecule has 124 valence electrons. The van der Waals surface area contributed by atoms with Gasteiger partial charge in [0.15, 0.2) is 0 Å². The molecular formula is C17H18N4O3. The average molecular weight is 326 g/mol. The lowest BCUT2D eigenvalue weighted by molar-refractivity contribution is -0.114. The van der Waals surface area contributed by atoms with Crippen molar-refractivity contribution in [1.82, 2.24) is 15.6 Å². The van der Waals surface area contributed by atoms with Gasteiger partial charge in [-0.25, -0.2) is 0 Å². The Hall–Kier alpha value is -3.22. The molecule has 0 fully saturated rings. The molecule has 0 aliphatic rings. The lowest BCUT2D eigenvalue weighted by Gasteiger charge is -2.08. The molecule has 0 radical (unpaired) electrons. The molecule has 0 aliphatic heterocycles. The first kappa shape index (κ1) is 17.1. The average Bonchev–Trinajstić information content (AvgIpc) is 2.58. The molecule has 0 aliphatic carbocycles. The van der Waals surface area contributed by atoms with E-state index in [4.69, 9.17) is 0 Å². The van der Waals surface area contributed by atoms with Gasteiger partial charge in [0.1, 0.15) is 0 Å².